The van der Waals surface area contributed by atoms with E-state index in [0.29, 0.717) is 0 Å². The van der Waals surface area contributed by atoms with Gasteiger partial charge in [-0.25, -0.2) is 0 Å². The van der Waals surface area contributed by atoms with E-state index < -0.39 is 0 Å². The highest BCUT2D eigenvalue weighted by Gasteiger charge is 2.58. The molecule has 4 aliphatic rings. The molecule has 364 valence electrons. The van der Waals surface area contributed by atoms with E-state index in [1.165, 1.54) is 128 Å². The molecule has 73 heavy (non-hydrogen) atoms. The fourth-order valence-corrected chi connectivity index (χ4v) is 14.6. The van der Waals surface area contributed by atoms with Crippen LogP contribution in [-0.2, 0) is 21.7 Å². The molecule has 0 radical (unpaired) electrons. The zero-order valence-corrected chi connectivity index (χ0v) is 45.6. The normalized spacial score (nSPS) is 19.2. The average Bonchev–Trinajstić information content (AvgIpc) is 3.84. The third-order valence-electron chi connectivity index (χ3n) is 17.9. The molecule has 4 heterocycles. The molecule has 0 bridgehead atoms. The van der Waals surface area contributed by atoms with Crippen molar-refractivity contribution in [2.24, 2.45) is 0 Å². The van der Waals surface area contributed by atoms with Crippen LogP contribution in [0.25, 0.3) is 31.3 Å². The van der Waals surface area contributed by atoms with Crippen LogP contribution in [0.15, 0.2) is 164 Å². The summed E-state index contributed by atoms with van der Waals surface area (Å²) >= 11 is 1.89. The summed E-state index contributed by atoms with van der Waals surface area (Å²) < 4.78 is 2.65. The molecule has 1 saturated carbocycles. The maximum Gasteiger partial charge on any atom is 0.252 e. The van der Waals surface area contributed by atoms with Gasteiger partial charge in [0.1, 0.15) is 0 Å². The van der Waals surface area contributed by atoms with Gasteiger partial charge in [-0.1, -0.05) is 173 Å². The SMILES string of the molecule is CC(C)(C)c1ccc(N2c3ccc(C(C)(C)C)cc3B3c4cc(C(C)(C)C)ccc4N(c4ccc5sc6ccccc6c5c4)c4cc(N5c6ccc(-c7ccccc7)cc6C6(C)CCCCC56C)cc2c43)cc1. The van der Waals surface area contributed by atoms with Crippen LogP contribution in [0.3, 0.4) is 0 Å². The monoisotopic (exact) mass is 970 g/mol. The smallest absolute Gasteiger partial charge is 0.252 e. The van der Waals surface area contributed by atoms with E-state index in [9.17, 15) is 0 Å². The summed E-state index contributed by atoms with van der Waals surface area (Å²) in [7, 11) is 0. The highest BCUT2D eigenvalue weighted by Crippen LogP contribution is 2.62. The summed E-state index contributed by atoms with van der Waals surface area (Å²) in [5.41, 5.74) is 21.9. The van der Waals surface area contributed by atoms with Crippen molar-refractivity contribution in [3.63, 3.8) is 0 Å². The molecule has 2 unspecified atom stereocenters. The zero-order valence-electron chi connectivity index (χ0n) is 44.7. The standard InChI is InChI=1S/C68H68BN3S/c1-64(2,3)45-24-28-48(29-25-45)70-57-32-26-46(65(4,5)6)38-54(57)69-55-39-47(66(7,8)9)27-33-58(55)71(49-30-34-62-52(40-49)51-21-15-16-22-61(51)73-62)60-42-50(41-59(70)63(60)69)72-56-31-23-44(43-19-13-12-14-20-43)37-53(56)67(10)35-17-18-36-68(67,72)11/h12-16,19-34,37-42H,17-18,35-36H2,1-11H3. The van der Waals surface area contributed by atoms with Crippen molar-refractivity contribution < 1.29 is 0 Å². The van der Waals surface area contributed by atoms with Gasteiger partial charge in [0.25, 0.3) is 6.71 Å². The average molecular weight is 970 g/mol. The van der Waals surface area contributed by atoms with Gasteiger partial charge in [0, 0.05) is 71.1 Å². The summed E-state index contributed by atoms with van der Waals surface area (Å²) in [6, 6.07) is 64.2. The number of thiophene rings is 1. The number of fused-ring (bicyclic) bond motifs is 10. The van der Waals surface area contributed by atoms with Crippen LogP contribution in [0.1, 0.15) is 124 Å². The molecule has 3 nitrogen and oxygen atoms in total. The number of hydrogen-bond acceptors (Lipinski definition) is 4. The minimum atomic E-state index is -0.163. The third-order valence-corrected chi connectivity index (χ3v) is 19.0. The Balaban J connectivity index is 1.15. The molecule has 0 N–H and O–H groups in total. The predicted octanol–water partition coefficient (Wildman–Crippen LogP) is 17.4. The van der Waals surface area contributed by atoms with E-state index in [2.05, 4.69) is 255 Å². The van der Waals surface area contributed by atoms with Crippen LogP contribution >= 0.6 is 11.3 Å². The topological polar surface area (TPSA) is 9.72 Å². The van der Waals surface area contributed by atoms with E-state index in [1.54, 1.807) is 0 Å². The predicted molar refractivity (Wildman–Crippen MR) is 318 cm³/mol. The maximum absolute atomic E-state index is 2.81. The highest BCUT2D eigenvalue weighted by molar-refractivity contribution is 7.25. The lowest BCUT2D eigenvalue weighted by Gasteiger charge is -2.51. The molecule has 0 spiro atoms. The number of benzene rings is 8. The summed E-state index contributed by atoms with van der Waals surface area (Å²) in [5.74, 6) is 0. The van der Waals surface area contributed by atoms with Crippen LogP contribution < -0.4 is 31.1 Å². The highest BCUT2D eigenvalue weighted by atomic mass is 32.1. The number of hydrogen-bond donors (Lipinski definition) is 0. The Morgan fingerprint density at radius 2 is 0.986 bits per heavy atom. The molecule has 0 saturated heterocycles. The summed E-state index contributed by atoms with van der Waals surface area (Å²) in [5, 5.41) is 2.63. The van der Waals surface area contributed by atoms with Crippen molar-refractivity contribution in [1.29, 1.82) is 0 Å². The van der Waals surface area contributed by atoms with Crippen LogP contribution in [0, 0.1) is 0 Å². The van der Waals surface area contributed by atoms with Crippen molar-refractivity contribution in [2.75, 3.05) is 14.7 Å². The van der Waals surface area contributed by atoms with Crippen molar-refractivity contribution in [3.05, 3.63) is 186 Å². The van der Waals surface area contributed by atoms with E-state index in [1.807, 2.05) is 11.3 Å². The number of anilines is 8. The van der Waals surface area contributed by atoms with Crippen molar-refractivity contribution in [2.45, 2.75) is 129 Å². The molecule has 13 rings (SSSR count). The Kier molecular flexibility index (Phi) is 10.1. The van der Waals surface area contributed by atoms with Crippen LogP contribution in [-0.4, -0.2) is 12.3 Å². The van der Waals surface area contributed by atoms with Crippen LogP contribution in [0.2, 0.25) is 0 Å². The zero-order chi connectivity index (χ0) is 50.6. The van der Waals surface area contributed by atoms with Gasteiger partial charge in [0.2, 0.25) is 0 Å². The Hall–Kier alpha value is -6.56. The molecule has 1 fully saturated rings. The van der Waals surface area contributed by atoms with Gasteiger partial charge in [-0.3, -0.25) is 0 Å². The fraction of sp³-hybridized carbons (Fsp3) is 0.294. The second-order valence-corrected chi connectivity index (χ2v) is 26.5. The van der Waals surface area contributed by atoms with E-state index in [4.69, 9.17) is 0 Å². The van der Waals surface area contributed by atoms with Crippen LogP contribution in [0.5, 0.6) is 0 Å². The van der Waals surface area contributed by atoms with Gasteiger partial charge in [-0.05, 0) is 159 Å². The second-order valence-electron chi connectivity index (χ2n) is 25.4. The molecule has 2 atom stereocenters. The summed E-state index contributed by atoms with van der Waals surface area (Å²) in [6.07, 6.45) is 4.72. The van der Waals surface area contributed by atoms with Gasteiger partial charge in [-0.2, -0.15) is 0 Å². The molecule has 8 aromatic carbocycles. The lowest BCUT2D eigenvalue weighted by Crippen LogP contribution is -2.62. The molecule has 3 aliphatic heterocycles. The second kappa shape index (κ2) is 16.0. The minimum Gasteiger partial charge on any atom is -0.334 e. The van der Waals surface area contributed by atoms with E-state index >= 15 is 0 Å². The van der Waals surface area contributed by atoms with Crippen molar-refractivity contribution in [3.8, 4) is 11.1 Å². The molecule has 1 aliphatic carbocycles. The largest absolute Gasteiger partial charge is 0.334 e. The lowest BCUT2D eigenvalue weighted by atomic mass is 9.33. The molecular weight excluding hydrogens is 902 g/mol. The van der Waals surface area contributed by atoms with Gasteiger partial charge >= 0.3 is 0 Å². The fourth-order valence-electron chi connectivity index (χ4n) is 13.5. The van der Waals surface area contributed by atoms with E-state index in [0.717, 1.165) is 12.8 Å². The molecular formula is C68H68BN3S. The van der Waals surface area contributed by atoms with Gasteiger partial charge < -0.3 is 14.7 Å². The molecule has 0 amide bonds. The minimum absolute atomic E-state index is 0.00413. The van der Waals surface area contributed by atoms with Crippen molar-refractivity contribution in [1.82, 2.24) is 0 Å². The summed E-state index contributed by atoms with van der Waals surface area (Å²) in [6.45, 7) is 26.3. The molecule has 5 heteroatoms. The quantitative estimate of drug-likeness (QED) is 0.163. The Bertz CT molecular complexity index is 3700. The van der Waals surface area contributed by atoms with Gasteiger partial charge in [0.15, 0.2) is 0 Å². The van der Waals surface area contributed by atoms with E-state index in [-0.39, 0.29) is 33.9 Å². The number of rotatable bonds is 4. The van der Waals surface area contributed by atoms with Gasteiger partial charge in [0.05, 0.1) is 5.54 Å². The summed E-state index contributed by atoms with van der Waals surface area (Å²) in [4.78, 5) is 8.11. The Morgan fingerprint density at radius 3 is 1.63 bits per heavy atom. The Morgan fingerprint density at radius 1 is 0.438 bits per heavy atom. The first-order valence-electron chi connectivity index (χ1n) is 26.9. The lowest BCUT2D eigenvalue weighted by molar-refractivity contribution is 0.195. The number of nitrogens with zero attached hydrogens (tertiary/aromatic N) is 3. The van der Waals surface area contributed by atoms with Crippen molar-refractivity contribution >= 4 is 100 Å². The Labute approximate surface area is 438 Å². The van der Waals surface area contributed by atoms with Gasteiger partial charge in [-0.15, -0.1) is 11.3 Å². The first kappa shape index (κ1) is 46.2. The maximum atomic E-state index is 2.81. The van der Waals surface area contributed by atoms with Crippen LogP contribution in [0.4, 0.5) is 45.5 Å². The first-order valence-corrected chi connectivity index (χ1v) is 27.7. The molecule has 9 aromatic rings. The third kappa shape index (κ3) is 6.97. The first-order chi connectivity index (χ1) is 34.8. The molecule has 1 aromatic heterocycles.